The van der Waals surface area contributed by atoms with Crippen LogP contribution in [0.2, 0.25) is 0 Å². The number of fused-ring (bicyclic) bond motifs is 1. The lowest BCUT2D eigenvalue weighted by Crippen LogP contribution is -2.27. The monoisotopic (exact) mass is 401 g/mol. The second kappa shape index (κ2) is 7.04. The maximum absolute atomic E-state index is 12.7. The van der Waals surface area contributed by atoms with Crippen molar-refractivity contribution in [2.75, 3.05) is 0 Å². The van der Waals surface area contributed by atoms with Crippen LogP contribution in [0.3, 0.4) is 0 Å². The molecule has 2 N–H and O–H groups in total. The van der Waals surface area contributed by atoms with Gasteiger partial charge in [-0.1, -0.05) is 0 Å². The van der Waals surface area contributed by atoms with Gasteiger partial charge in [-0.3, -0.25) is 9.89 Å². The van der Waals surface area contributed by atoms with Gasteiger partial charge < -0.3 is 9.73 Å². The molecule has 0 fully saturated rings. The number of oxazole rings is 1. The SMILES string of the molecule is CC(NC(=O)c1ccc2oc(-c3ccc(C(F)(F)F)cc3)nc2c1)c1ncn[nH]1. The Labute approximate surface area is 162 Å². The van der Waals surface area contributed by atoms with E-state index in [0.717, 1.165) is 12.1 Å². The summed E-state index contributed by atoms with van der Waals surface area (Å²) in [7, 11) is 0. The molecule has 10 heteroatoms. The van der Waals surface area contributed by atoms with Crippen LogP contribution >= 0.6 is 0 Å². The molecule has 4 aromatic rings. The third kappa shape index (κ3) is 3.82. The molecule has 2 aromatic carbocycles. The average Bonchev–Trinajstić information content (AvgIpc) is 3.36. The molecule has 0 aliphatic rings. The van der Waals surface area contributed by atoms with Crippen molar-refractivity contribution in [3.05, 3.63) is 65.7 Å². The average molecular weight is 401 g/mol. The minimum atomic E-state index is -4.41. The van der Waals surface area contributed by atoms with E-state index in [0.29, 0.717) is 28.1 Å². The zero-order valence-electron chi connectivity index (χ0n) is 15.0. The van der Waals surface area contributed by atoms with Crippen molar-refractivity contribution in [1.82, 2.24) is 25.5 Å². The summed E-state index contributed by atoms with van der Waals surface area (Å²) in [5.41, 5.74) is 0.840. The molecule has 0 radical (unpaired) electrons. The van der Waals surface area contributed by atoms with Crippen molar-refractivity contribution in [2.45, 2.75) is 19.1 Å². The lowest BCUT2D eigenvalue weighted by Gasteiger charge is -2.10. The number of halogens is 3. The van der Waals surface area contributed by atoms with Gasteiger partial charge in [-0.05, 0) is 49.4 Å². The summed E-state index contributed by atoms with van der Waals surface area (Å²) < 4.78 is 43.7. The van der Waals surface area contributed by atoms with Crippen LogP contribution in [-0.4, -0.2) is 26.1 Å². The predicted molar refractivity (Wildman–Crippen MR) is 96.7 cm³/mol. The van der Waals surface area contributed by atoms with Gasteiger partial charge in [-0.25, -0.2) is 9.97 Å². The lowest BCUT2D eigenvalue weighted by atomic mass is 10.1. The van der Waals surface area contributed by atoms with Crippen LogP contribution in [0.4, 0.5) is 13.2 Å². The minimum absolute atomic E-state index is 0.168. The van der Waals surface area contributed by atoms with Crippen molar-refractivity contribution in [3.8, 4) is 11.5 Å². The molecule has 0 aliphatic heterocycles. The summed E-state index contributed by atoms with van der Waals surface area (Å²) in [5, 5.41) is 9.21. The Morgan fingerprint density at radius 3 is 2.59 bits per heavy atom. The number of H-pyrrole nitrogens is 1. The van der Waals surface area contributed by atoms with Gasteiger partial charge >= 0.3 is 6.18 Å². The Bertz CT molecular complexity index is 1150. The number of nitrogens with one attached hydrogen (secondary N) is 2. The summed E-state index contributed by atoms with van der Waals surface area (Å²) in [6.07, 6.45) is -3.06. The maximum Gasteiger partial charge on any atom is 0.416 e. The highest BCUT2D eigenvalue weighted by Gasteiger charge is 2.30. The summed E-state index contributed by atoms with van der Waals surface area (Å²) >= 11 is 0. The third-order valence-corrected chi connectivity index (χ3v) is 4.30. The molecule has 0 saturated heterocycles. The van der Waals surface area contributed by atoms with Crippen LogP contribution < -0.4 is 5.32 Å². The molecule has 0 bridgehead atoms. The van der Waals surface area contributed by atoms with Gasteiger partial charge in [0, 0.05) is 11.1 Å². The molecule has 1 unspecified atom stereocenters. The highest BCUT2D eigenvalue weighted by molar-refractivity contribution is 5.97. The van der Waals surface area contributed by atoms with Crippen LogP contribution in [-0.2, 0) is 6.18 Å². The fourth-order valence-corrected chi connectivity index (χ4v) is 2.77. The van der Waals surface area contributed by atoms with E-state index in [1.165, 1.54) is 18.5 Å². The number of benzene rings is 2. The first-order valence-corrected chi connectivity index (χ1v) is 8.55. The van der Waals surface area contributed by atoms with Gasteiger partial charge in [0.1, 0.15) is 17.7 Å². The van der Waals surface area contributed by atoms with Crippen molar-refractivity contribution < 1.29 is 22.4 Å². The molecule has 1 atom stereocenters. The molecule has 1 amide bonds. The summed E-state index contributed by atoms with van der Waals surface area (Å²) in [5.74, 6) is 0.349. The number of amides is 1. The van der Waals surface area contributed by atoms with Crippen LogP contribution in [0.5, 0.6) is 0 Å². The normalized spacial score (nSPS) is 12.8. The number of aromatic amines is 1. The molecule has 148 valence electrons. The second-order valence-corrected chi connectivity index (χ2v) is 6.34. The van der Waals surface area contributed by atoms with E-state index in [1.54, 1.807) is 25.1 Å². The van der Waals surface area contributed by atoms with Crippen molar-refractivity contribution in [2.24, 2.45) is 0 Å². The van der Waals surface area contributed by atoms with Crippen molar-refractivity contribution in [3.63, 3.8) is 0 Å². The zero-order chi connectivity index (χ0) is 20.6. The Morgan fingerprint density at radius 1 is 1.17 bits per heavy atom. The fourth-order valence-electron chi connectivity index (χ4n) is 2.77. The van der Waals surface area contributed by atoms with Crippen LogP contribution in [0.1, 0.15) is 34.7 Å². The highest BCUT2D eigenvalue weighted by atomic mass is 19.4. The Hall–Kier alpha value is -3.69. The van der Waals surface area contributed by atoms with E-state index in [1.807, 2.05) is 0 Å². The Kier molecular flexibility index (Phi) is 4.53. The smallest absolute Gasteiger partial charge is 0.416 e. The third-order valence-electron chi connectivity index (χ3n) is 4.30. The zero-order valence-corrected chi connectivity index (χ0v) is 15.0. The van der Waals surface area contributed by atoms with Gasteiger partial charge in [-0.15, -0.1) is 0 Å². The maximum atomic E-state index is 12.7. The van der Waals surface area contributed by atoms with E-state index in [4.69, 9.17) is 4.42 Å². The van der Waals surface area contributed by atoms with Crippen LogP contribution in [0.15, 0.2) is 53.2 Å². The predicted octanol–water partition coefficient (Wildman–Crippen LogP) is 4.12. The summed E-state index contributed by atoms with van der Waals surface area (Å²) in [6.45, 7) is 1.76. The van der Waals surface area contributed by atoms with E-state index in [9.17, 15) is 18.0 Å². The van der Waals surface area contributed by atoms with Gasteiger partial charge in [0.15, 0.2) is 5.58 Å². The van der Waals surface area contributed by atoms with Crippen molar-refractivity contribution in [1.29, 1.82) is 0 Å². The summed E-state index contributed by atoms with van der Waals surface area (Å²) in [4.78, 5) is 20.7. The second-order valence-electron chi connectivity index (χ2n) is 6.34. The molecular weight excluding hydrogens is 387 g/mol. The number of carbonyl (C=O) groups excluding carboxylic acids is 1. The standard InChI is InChI=1S/C19H14F3N5O2/c1-10(16-23-9-24-27-16)25-17(28)12-4-7-15-14(8-12)26-18(29-15)11-2-5-13(6-3-11)19(20,21)22/h2-10H,1H3,(H,25,28)(H,23,24,27). The van der Waals surface area contributed by atoms with Gasteiger partial charge in [-0.2, -0.15) is 18.3 Å². The fraction of sp³-hybridized carbons (Fsp3) is 0.158. The van der Waals surface area contributed by atoms with Gasteiger partial charge in [0.2, 0.25) is 5.89 Å². The molecular formula is C19H14F3N5O2. The Morgan fingerprint density at radius 2 is 1.93 bits per heavy atom. The first-order valence-electron chi connectivity index (χ1n) is 8.55. The quantitative estimate of drug-likeness (QED) is 0.536. The number of nitrogens with zero attached hydrogens (tertiary/aromatic N) is 3. The molecule has 0 spiro atoms. The van der Waals surface area contributed by atoms with Crippen LogP contribution in [0.25, 0.3) is 22.6 Å². The van der Waals surface area contributed by atoms with Crippen LogP contribution in [0, 0.1) is 0 Å². The van der Waals surface area contributed by atoms with Crippen molar-refractivity contribution >= 4 is 17.0 Å². The number of alkyl halides is 3. The molecule has 2 aromatic heterocycles. The van der Waals surface area contributed by atoms with Gasteiger partial charge in [0.05, 0.1) is 11.6 Å². The first kappa shape index (κ1) is 18.7. The topological polar surface area (TPSA) is 96.7 Å². The molecule has 7 nitrogen and oxygen atoms in total. The van der Waals surface area contributed by atoms with E-state index in [2.05, 4.69) is 25.5 Å². The number of carbonyl (C=O) groups is 1. The van der Waals surface area contributed by atoms with Gasteiger partial charge in [0.25, 0.3) is 5.91 Å². The van der Waals surface area contributed by atoms with E-state index in [-0.39, 0.29) is 17.8 Å². The Balaban J connectivity index is 1.57. The minimum Gasteiger partial charge on any atom is -0.436 e. The highest BCUT2D eigenvalue weighted by Crippen LogP contribution is 2.31. The van der Waals surface area contributed by atoms with E-state index >= 15 is 0 Å². The first-order chi connectivity index (χ1) is 13.8. The number of rotatable bonds is 4. The van der Waals surface area contributed by atoms with E-state index < -0.39 is 11.7 Å². The number of aromatic nitrogens is 4. The molecule has 0 saturated carbocycles. The molecule has 29 heavy (non-hydrogen) atoms. The molecule has 0 aliphatic carbocycles. The lowest BCUT2D eigenvalue weighted by molar-refractivity contribution is -0.137. The number of hydrogen-bond acceptors (Lipinski definition) is 5. The number of hydrogen-bond donors (Lipinski definition) is 2. The molecule has 2 heterocycles. The molecule has 4 rings (SSSR count). The summed E-state index contributed by atoms with van der Waals surface area (Å²) in [6, 6.07) is 8.86. The largest absolute Gasteiger partial charge is 0.436 e.